The number of hydrogen-bond acceptors (Lipinski definition) is 6. The number of carbonyl (C=O) groups is 2. The molecule has 0 bridgehead atoms. The number of ether oxygens (including phenoxy) is 2. The molecule has 0 atom stereocenters. The Hall–Kier alpha value is -4.14. The molecular formula is C24H22N2O7. The van der Waals surface area contributed by atoms with E-state index in [-0.39, 0.29) is 24.6 Å². The van der Waals surface area contributed by atoms with E-state index in [2.05, 4.69) is 0 Å². The lowest BCUT2D eigenvalue weighted by Crippen LogP contribution is -2.23. The van der Waals surface area contributed by atoms with Crippen LogP contribution < -0.4 is 14.4 Å². The van der Waals surface area contributed by atoms with Gasteiger partial charge in [0.1, 0.15) is 11.5 Å². The van der Waals surface area contributed by atoms with Crippen molar-refractivity contribution in [1.82, 2.24) is 0 Å². The number of hydrogen-bond donors (Lipinski definition) is 1. The van der Waals surface area contributed by atoms with Crippen LogP contribution in [0.25, 0.3) is 10.8 Å². The molecule has 0 radical (unpaired) electrons. The highest BCUT2D eigenvalue weighted by atomic mass is 16.6. The molecule has 9 heteroatoms. The summed E-state index contributed by atoms with van der Waals surface area (Å²) in [7, 11) is 0. The Morgan fingerprint density at radius 3 is 2.33 bits per heavy atom. The number of carboxylic acids is 1. The van der Waals surface area contributed by atoms with Gasteiger partial charge in [0, 0.05) is 34.2 Å². The van der Waals surface area contributed by atoms with E-state index in [0.717, 1.165) is 0 Å². The standard InChI is InChI=1S/C24H22N2O7/c1-3-32-22-18-12-16(26(30)31)9-10-17(18)23(33-4-2)21-19(22)13-25(24(21)29)15-7-5-14(6-8-15)11-20(27)28/h5-10,12H,3-4,11,13H2,1-2H3,(H,27,28). The third kappa shape index (κ3) is 3.93. The maximum atomic E-state index is 13.5. The number of nitrogens with zero attached hydrogens (tertiary/aromatic N) is 2. The number of fused-ring (bicyclic) bond motifs is 2. The minimum Gasteiger partial charge on any atom is -0.493 e. The van der Waals surface area contributed by atoms with E-state index in [1.165, 1.54) is 12.1 Å². The van der Waals surface area contributed by atoms with Crippen molar-refractivity contribution in [3.05, 3.63) is 69.3 Å². The van der Waals surface area contributed by atoms with Gasteiger partial charge in [-0.1, -0.05) is 12.1 Å². The van der Waals surface area contributed by atoms with E-state index in [1.807, 2.05) is 6.92 Å². The third-order valence-corrected chi connectivity index (χ3v) is 5.46. The summed E-state index contributed by atoms with van der Waals surface area (Å²) >= 11 is 0. The highest BCUT2D eigenvalue weighted by molar-refractivity contribution is 6.17. The monoisotopic (exact) mass is 450 g/mol. The topological polar surface area (TPSA) is 119 Å². The lowest BCUT2D eigenvalue weighted by Gasteiger charge is -2.16. The number of aliphatic carboxylic acids is 1. The van der Waals surface area contributed by atoms with Gasteiger partial charge in [-0.2, -0.15) is 0 Å². The van der Waals surface area contributed by atoms with E-state index in [4.69, 9.17) is 14.6 Å². The molecule has 1 aliphatic heterocycles. The van der Waals surface area contributed by atoms with Gasteiger partial charge in [0.15, 0.2) is 0 Å². The van der Waals surface area contributed by atoms with Gasteiger partial charge in [-0.25, -0.2) is 0 Å². The molecule has 0 aromatic heterocycles. The fraction of sp³-hybridized carbons (Fsp3) is 0.250. The van der Waals surface area contributed by atoms with E-state index in [1.54, 1.807) is 42.2 Å². The zero-order chi connectivity index (χ0) is 23.7. The lowest BCUT2D eigenvalue weighted by molar-refractivity contribution is -0.384. The van der Waals surface area contributed by atoms with Crippen LogP contribution in [0.2, 0.25) is 0 Å². The molecule has 0 saturated carbocycles. The predicted octanol–water partition coefficient (Wildman–Crippen LogP) is 4.33. The molecule has 4 rings (SSSR count). The number of amides is 1. The lowest BCUT2D eigenvalue weighted by atomic mass is 9.98. The van der Waals surface area contributed by atoms with Crippen molar-refractivity contribution in [1.29, 1.82) is 0 Å². The molecule has 1 amide bonds. The van der Waals surface area contributed by atoms with Gasteiger partial charge in [0.25, 0.3) is 11.6 Å². The largest absolute Gasteiger partial charge is 0.493 e. The van der Waals surface area contributed by atoms with Crippen LogP contribution >= 0.6 is 0 Å². The molecule has 1 heterocycles. The van der Waals surface area contributed by atoms with Crippen LogP contribution in [0.3, 0.4) is 0 Å². The molecule has 3 aromatic rings. The fourth-order valence-corrected chi connectivity index (χ4v) is 4.10. The van der Waals surface area contributed by atoms with Crippen molar-refractivity contribution in [3.8, 4) is 11.5 Å². The summed E-state index contributed by atoms with van der Waals surface area (Å²) in [5.74, 6) is -0.416. The van der Waals surface area contributed by atoms with Crippen LogP contribution in [0.4, 0.5) is 11.4 Å². The second-order valence-corrected chi connectivity index (χ2v) is 7.49. The van der Waals surface area contributed by atoms with Crippen LogP contribution in [0.5, 0.6) is 11.5 Å². The Kier molecular flexibility index (Phi) is 5.87. The molecule has 33 heavy (non-hydrogen) atoms. The smallest absolute Gasteiger partial charge is 0.307 e. The number of non-ortho nitro benzene ring substituents is 1. The van der Waals surface area contributed by atoms with E-state index in [9.17, 15) is 19.7 Å². The first-order valence-corrected chi connectivity index (χ1v) is 10.5. The third-order valence-electron chi connectivity index (χ3n) is 5.46. The summed E-state index contributed by atoms with van der Waals surface area (Å²) in [6.45, 7) is 4.43. The molecule has 0 aliphatic carbocycles. The molecule has 170 valence electrons. The van der Waals surface area contributed by atoms with E-state index < -0.39 is 10.9 Å². The Morgan fingerprint density at radius 2 is 1.73 bits per heavy atom. The average Bonchev–Trinajstić information content (AvgIpc) is 3.12. The summed E-state index contributed by atoms with van der Waals surface area (Å²) in [6.07, 6.45) is -0.110. The zero-order valence-electron chi connectivity index (χ0n) is 18.2. The minimum atomic E-state index is -0.934. The first kappa shape index (κ1) is 22.1. The van der Waals surface area contributed by atoms with Crippen molar-refractivity contribution in [2.75, 3.05) is 18.1 Å². The van der Waals surface area contributed by atoms with Gasteiger partial charge in [0.2, 0.25) is 0 Å². The van der Waals surface area contributed by atoms with Crippen molar-refractivity contribution in [3.63, 3.8) is 0 Å². The Labute approximate surface area is 189 Å². The summed E-state index contributed by atoms with van der Waals surface area (Å²) in [6, 6.07) is 11.2. The Bertz CT molecular complexity index is 1270. The maximum absolute atomic E-state index is 13.5. The van der Waals surface area contributed by atoms with Crippen LogP contribution in [0, 0.1) is 10.1 Å². The molecule has 0 fully saturated rings. The molecule has 1 N–H and O–H groups in total. The van der Waals surface area contributed by atoms with E-state index >= 15 is 0 Å². The number of rotatable bonds is 8. The number of carboxylic acid groups (broad SMARTS) is 1. The molecular weight excluding hydrogens is 428 g/mol. The van der Waals surface area contributed by atoms with Gasteiger partial charge in [-0.3, -0.25) is 19.7 Å². The van der Waals surface area contributed by atoms with Gasteiger partial charge in [0.05, 0.1) is 36.7 Å². The quantitative estimate of drug-likeness (QED) is 0.401. The second kappa shape index (κ2) is 8.78. The maximum Gasteiger partial charge on any atom is 0.307 e. The zero-order valence-corrected chi connectivity index (χ0v) is 18.2. The number of nitro groups is 1. The van der Waals surface area contributed by atoms with Gasteiger partial charge in [-0.05, 0) is 37.6 Å². The summed E-state index contributed by atoms with van der Waals surface area (Å²) < 4.78 is 11.8. The first-order valence-electron chi connectivity index (χ1n) is 10.5. The molecule has 1 aliphatic rings. The highest BCUT2D eigenvalue weighted by Gasteiger charge is 2.37. The van der Waals surface area contributed by atoms with E-state index in [0.29, 0.717) is 57.9 Å². The number of nitro benzene ring substituents is 1. The van der Waals surface area contributed by atoms with Crippen molar-refractivity contribution in [2.24, 2.45) is 0 Å². The molecule has 3 aromatic carbocycles. The van der Waals surface area contributed by atoms with Crippen LogP contribution in [0.1, 0.15) is 35.3 Å². The Balaban J connectivity index is 1.88. The van der Waals surface area contributed by atoms with Crippen LogP contribution in [0.15, 0.2) is 42.5 Å². The summed E-state index contributed by atoms with van der Waals surface area (Å²) in [4.78, 5) is 36.9. The van der Waals surface area contributed by atoms with Crippen LogP contribution in [-0.2, 0) is 17.8 Å². The first-order chi connectivity index (χ1) is 15.8. The second-order valence-electron chi connectivity index (χ2n) is 7.49. The molecule has 0 spiro atoms. The number of carbonyl (C=O) groups excluding carboxylic acids is 1. The van der Waals surface area contributed by atoms with Crippen molar-refractivity contribution < 1.29 is 29.1 Å². The summed E-state index contributed by atoms with van der Waals surface area (Å²) in [5.41, 5.74) is 2.12. The highest BCUT2D eigenvalue weighted by Crippen LogP contribution is 2.47. The van der Waals surface area contributed by atoms with Gasteiger partial charge >= 0.3 is 5.97 Å². The van der Waals surface area contributed by atoms with Gasteiger partial charge in [-0.15, -0.1) is 0 Å². The number of anilines is 1. The molecule has 0 unspecified atom stereocenters. The van der Waals surface area contributed by atoms with Gasteiger partial charge < -0.3 is 19.5 Å². The van der Waals surface area contributed by atoms with Crippen molar-refractivity contribution in [2.45, 2.75) is 26.8 Å². The Morgan fingerprint density at radius 1 is 1.06 bits per heavy atom. The molecule has 0 saturated heterocycles. The van der Waals surface area contributed by atoms with Crippen LogP contribution in [-0.4, -0.2) is 35.1 Å². The minimum absolute atomic E-state index is 0.0824. The van der Waals surface area contributed by atoms with Crippen molar-refractivity contribution >= 4 is 34.0 Å². The number of benzene rings is 3. The summed E-state index contributed by atoms with van der Waals surface area (Å²) in [5, 5.41) is 21.4. The normalized spacial score (nSPS) is 12.7. The average molecular weight is 450 g/mol. The molecule has 9 nitrogen and oxygen atoms in total. The SMILES string of the molecule is CCOc1c2c(c(OCC)c3ccc([N+](=O)[O-])cc13)C(=O)N(c1ccc(CC(=O)O)cc1)C2. The predicted molar refractivity (Wildman–Crippen MR) is 121 cm³/mol. The fourth-order valence-electron chi connectivity index (χ4n) is 4.10.